The summed E-state index contributed by atoms with van der Waals surface area (Å²) in [6.07, 6.45) is 0. The Morgan fingerprint density at radius 1 is 1.24 bits per heavy atom. The van der Waals surface area contributed by atoms with Crippen molar-refractivity contribution in [2.75, 3.05) is 6.61 Å². The molecule has 0 aliphatic rings. The summed E-state index contributed by atoms with van der Waals surface area (Å²) in [7, 11) is 0. The summed E-state index contributed by atoms with van der Waals surface area (Å²) in [6, 6.07) is 4.85. The minimum absolute atomic E-state index is 0.181. The van der Waals surface area contributed by atoms with Crippen molar-refractivity contribution < 1.29 is 23.1 Å². The predicted octanol–water partition coefficient (Wildman–Crippen LogP) is 3.03. The van der Waals surface area contributed by atoms with E-state index in [-0.39, 0.29) is 17.7 Å². The number of ketones is 1. The van der Waals surface area contributed by atoms with Crippen molar-refractivity contribution in [2.24, 2.45) is 0 Å². The quantitative estimate of drug-likeness (QED) is 0.488. The number of rotatable bonds is 4. The van der Waals surface area contributed by atoms with E-state index in [1.807, 2.05) is 15.9 Å². The van der Waals surface area contributed by atoms with Gasteiger partial charge >= 0.3 is 10.8 Å². The van der Waals surface area contributed by atoms with E-state index in [1.165, 1.54) is 12.1 Å². The molecular weight excluding hydrogens is 298 g/mol. The maximum absolute atomic E-state index is 12.7. The molecule has 0 amide bonds. The van der Waals surface area contributed by atoms with E-state index in [9.17, 15) is 18.4 Å². The SMILES string of the molecule is CCOC(=O)c1ccc(C(=O)C(F)(F)Br)cc1. The van der Waals surface area contributed by atoms with Crippen LogP contribution in [0.1, 0.15) is 27.6 Å². The van der Waals surface area contributed by atoms with Crippen molar-refractivity contribution in [3.05, 3.63) is 35.4 Å². The smallest absolute Gasteiger partial charge is 0.363 e. The van der Waals surface area contributed by atoms with Gasteiger partial charge in [0, 0.05) is 5.56 Å². The van der Waals surface area contributed by atoms with Gasteiger partial charge in [-0.15, -0.1) is 0 Å². The molecule has 0 spiro atoms. The Balaban J connectivity index is 2.89. The van der Waals surface area contributed by atoms with E-state index in [4.69, 9.17) is 4.74 Å². The zero-order valence-electron chi connectivity index (χ0n) is 8.88. The summed E-state index contributed by atoms with van der Waals surface area (Å²) in [5, 5.41) is 0. The summed E-state index contributed by atoms with van der Waals surface area (Å²) in [5.41, 5.74) is 0.0289. The van der Waals surface area contributed by atoms with Crippen molar-refractivity contribution in [1.82, 2.24) is 0 Å². The molecule has 0 aliphatic heterocycles. The lowest BCUT2D eigenvalue weighted by atomic mass is 10.1. The van der Waals surface area contributed by atoms with Gasteiger partial charge in [-0.25, -0.2) is 4.79 Å². The third-order valence-electron chi connectivity index (χ3n) is 1.92. The van der Waals surface area contributed by atoms with E-state index >= 15 is 0 Å². The number of halogens is 3. The minimum Gasteiger partial charge on any atom is -0.462 e. The molecule has 0 saturated heterocycles. The normalized spacial score (nSPS) is 11.1. The zero-order chi connectivity index (χ0) is 13.1. The lowest BCUT2D eigenvalue weighted by Crippen LogP contribution is -2.20. The maximum atomic E-state index is 12.7. The molecule has 6 heteroatoms. The van der Waals surface area contributed by atoms with Crippen LogP contribution in [0.2, 0.25) is 0 Å². The van der Waals surface area contributed by atoms with Gasteiger partial charge in [0.2, 0.25) is 5.78 Å². The van der Waals surface area contributed by atoms with E-state index in [0.29, 0.717) is 0 Å². The highest BCUT2D eigenvalue weighted by Gasteiger charge is 2.35. The first-order valence-electron chi connectivity index (χ1n) is 4.75. The number of carbonyl (C=O) groups excluding carboxylic acids is 2. The van der Waals surface area contributed by atoms with Crippen LogP contribution < -0.4 is 0 Å². The Kier molecular flexibility index (Phi) is 4.34. The van der Waals surface area contributed by atoms with Crippen molar-refractivity contribution in [3.63, 3.8) is 0 Å². The zero-order valence-corrected chi connectivity index (χ0v) is 10.5. The molecule has 1 aromatic carbocycles. The highest BCUT2D eigenvalue weighted by molar-refractivity contribution is 9.10. The highest BCUT2D eigenvalue weighted by atomic mass is 79.9. The maximum Gasteiger partial charge on any atom is 0.363 e. The lowest BCUT2D eigenvalue weighted by molar-refractivity contribution is 0.0525. The second-order valence-corrected chi connectivity index (χ2v) is 4.12. The number of esters is 1. The van der Waals surface area contributed by atoms with Crippen LogP contribution in [0.15, 0.2) is 24.3 Å². The average molecular weight is 307 g/mol. The largest absolute Gasteiger partial charge is 0.462 e. The fraction of sp³-hybridized carbons (Fsp3) is 0.273. The molecular formula is C11H9BrF2O3. The van der Waals surface area contributed by atoms with E-state index < -0.39 is 16.6 Å². The average Bonchev–Trinajstić information content (AvgIpc) is 2.27. The molecule has 0 atom stereocenters. The minimum atomic E-state index is -3.60. The first-order valence-corrected chi connectivity index (χ1v) is 5.54. The van der Waals surface area contributed by atoms with E-state index in [0.717, 1.165) is 12.1 Å². The number of benzene rings is 1. The van der Waals surface area contributed by atoms with Gasteiger partial charge in [-0.05, 0) is 35.0 Å². The highest BCUT2D eigenvalue weighted by Crippen LogP contribution is 2.26. The van der Waals surface area contributed by atoms with Crippen LogP contribution in [0.5, 0.6) is 0 Å². The van der Waals surface area contributed by atoms with Gasteiger partial charge in [0.1, 0.15) is 0 Å². The van der Waals surface area contributed by atoms with Gasteiger partial charge in [0.25, 0.3) is 0 Å². The van der Waals surface area contributed by atoms with E-state index in [1.54, 1.807) is 6.92 Å². The Bertz CT molecular complexity index is 423. The number of hydrogen-bond donors (Lipinski definition) is 0. The molecule has 0 N–H and O–H groups in total. The van der Waals surface area contributed by atoms with Crippen molar-refractivity contribution in [3.8, 4) is 0 Å². The first kappa shape index (κ1) is 13.8. The topological polar surface area (TPSA) is 43.4 Å². The molecule has 0 fully saturated rings. The van der Waals surface area contributed by atoms with Crippen molar-refractivity contribution >= 4 is 27.7 Å². The molecule has 1 aromatic rings. The predicted molar refractivity (Wildman–Crippen MR) is 60.6 cm³/mol. The van der Waals surface area contributed by atoms with Crippen LogP contribution in [-0.4, -0.2) is 23.2 Å². The van der Waals surface area contributed by atoms with Crippen LogP contribution in [-0.2, 0) is 4.74 Å². The van der Waals surface area contributed by atoms with E-state index in [2.05, 4.69) is 0 Å². The van der Waals surface area contributed by atoms with Crippen LogP contribution in [0.3, 0.4) is 0 Å². The summed E-state index contributed by atoms with van der Waals surface area (Å²) >= 11 is 1.98. The molecule has 0 saturated carbocycles. The molecule has 92 valence electrons. The van der Waals surface area contributed by atoms with Gasteiger partial charge in [-0.2, -0.15) is 8.78 Å². The third kappa shape index (κ3) is 3.59. The Morgan fingerprint density at radius 3 is 2.12 bits per heavy atom. The van der Waals surface area contributed by atoms with Gasteiger partial charge in [-0.1, -0.05) is 12.1 Å². The van der Waals surface area contributed by atoms with Gasteiger partial charge in [-0.3, -0.25) is 4.79 Å². The fourth-order valence-electron chi connectivity index (χ4n) is 1.14. The molecule has 3 nitrogen and oxygen atoms in total. The molecule has 1 rings (SSSR count). The summed E-state index contributed by atoms with van der Waals surface area (Å²) in [4.78, 5) is 18.8. The standard InChI is InChI=1S/C11H9BrF2O3/c1-2-17-10(16)8-5-3-7(4-6-8)9(15)11(12,13)14/h3-6H,2H2,1H3. The second kappa shape index (κ2) is 5.35. The lowest BCUT2D eigenvalue weighted by Gasteiger charge is -2.07. The Hall–Kier alpha value is -1.30. The Labute approximate surface area is 105 Å². The number of alkyl halides is 3. The summed E-state index contributed by atoms with van der Waals surface area (Å²) < 4.78 is 30.0. The van der Waals surface area contributed by atoms with Gasteiger partial charge in [0.05, 0.1) is 12.2 Å². The third-order valence-corrected chi connectivity index (χ3v) is 2.28. The fourth-order valence-corrected chi connectivity index (χ4v) is 1.36. The van der Waals surface area contributed by atoms with Gasteiger partial charge < -0.3 is 4.74 Å². The van der Waals surface area contributed by atoms with Crippen LogP contribution in [0.4, 0.5) is 8.78 Å². The number of ether oxygens (including phenoxy) is 1. The number of carbonyl (C=O) groups is 2. The second-order valence-electron chi connectivity index (χ2n) is 3.12. The molecule has 0 unspecified atom stereocenters. The summed E-state index contributed by atoms with van der Waals surface area (Å²) in [5.74, 6) is -1.91. The molecule has 0 heterocycles. The molecule has 0 bridgehead atoms. The van der Waals surface area contributed by atoms with Crippen molar-refractivity contribution in [2.45, 2.75) is 11.8 Å². The van der Waals surface area contributed by atoms with Crippen LogP contribution in [0.25, 0.3) is 0 Å². The molecule has 17 heavy (non-hydrogen) atoms. The monoisotopic (exact) mass is 306 g/mol. The number of hydrogen-bond acceptors (Lipinski definition) is 3. The molecule has 0 aromatic heterocycles. The Morgan fingerprint density at radius 2 is 1.71 bits per heavy atom. The summed E-state index contributed by atoms with van der Waals surface area (Å²) in [6.45, 7) is 1.88. The van der Waals surface area contributed by atoms with Gasteiger partial charge in [0.15, 0.2) is 0 Å². The molecule has 0 radical (unpaired) electrons. The number of Topliss-reactive ketones (excluding diaryl/α,β-unsaturated/α-hetero) is 1. The van der Waals surface area contributed by atoms with Crippen molar-refractivity contribution in [1.29, 1.82) is 0 Å². The van der Waals surface area contributed by atoms with Crippen LogP contribution >= 0.6 is 15.9 Å². The molecule has 0 aliphatic carbocycles. The van der Waals surface area contributed by atoms with Crippen LogP contribution in [0, 0.1) is 0 Å². The first-order chi connectivity index (χ1) is 7.86.